The molecule has 2 aromatic rings. The maximum Gasteiger partial charge on any atom is 0.130 e. The van der Waals surface area contributed by atoms with Gasteiger partial charge in [-0.3, -0.25) is 4.68 Å². The predicted octanol–water partition coefficient (Wildman–Crippen LogP) is 2.64. The summed E-state index contributed by atoms with van der Waals surface area (Å²) >= 11 is 0. The average Bonchev–Trinajstić information content (AvgIpc) is 2.81. The van der Waals surface area contributed by atoms with Gasteiger partial charge in [0.15, 0.2) is 0 Å². The smallest absolute Gasteiger partial charge is 0.130 e. The van der Waals surface area contributed by atoms with Gasteiger partial charge >= 0.3 is 0 Å². The van der Waals surface area contributed by atoms with E-state index < -0.39 is 0 Å². The maximum absolute atomic E-state index is 4.53. The molecule has 0 aliphatic carbocycles. The zero-order chi connectivity index (χ0) is 13.8. The Bertz CT molecular complexity index is 547. The van der Waals surface area contributed by atoms with Crippen LogP contribution in [0.4, 0.5) is 5.82 Å². The van der Waals surface area contributed by atoms with Crippen molar-refractivity contribution in [1.29, 1.82) is 0 Å². The third-order valence-electron chi connectivity index (χ3n) is 3.16. The van der Waals surface area contributed by atoms with Crippen LogP contribution in [0.1, 0.15) is 43.5 Å². The van der Waals surface area contributed by atoms with Crippen LogP contribution in [0.15, 0.2) is 18.3 Å². The summed E-state index contributed by atoms with van der Waals surface area (Å²) in [6.45, 7) is 6.22. The van der Waals surface area contributed by atoms with Gasteiger partial charge in [0, 0.05) is 31.4 Å². The van der Waals surface area contributed by atoms with Gasteiger partial charge in [-0.2, -0.15) is 5.10 Å². The van der Waals surface area contributed by atoms with E-state index >= 15 is 0 Å². The van der Waals surface area contributed by atoms with E-state index in [4.69, 9.17) is 0 Å². The van der Waals surface area contributed by atoms with Crippen molar-refractivity contribution in [2.24, 2.45) is 7.05 Å². The van der Waals surface area contributed by atoms with Gasteiger partial charge in [-0.1, -0.05) is 13.8 Å². The summed E-state index contributed by atoms with van der Waals surface area (Å²) in [5, 5.41) is 7.70. The SMILES string of the molecule is CCc1nc(C)cc(NC(CC)c2ccnn2C)n1. The molecule has 0 bridgehead atoms. The Morgan fingerprint density at radius 2 is 2.11 bits per heavy atom. The van der Waals surface area contributed by atoms with Crippen LogP contribution in [0.5, 0.6) is 0 Å². The molecule has 102 valence electrons. The van der Waals surface area contributed by atoms with Crippen LogP contribution in [0.3, 0.4) is 0 Å². The van der Waals surface area contributed by atoms with Gasteiger partial charge in [-0.25, -0.2) is 9.97 Å². The molecule has 2 rings (SSSR count). The minimum Gasteiger partial charge on any atom is -0.362 e. The summed E-state index contributed by atoms with van der Waals surface area (Å²) in [6, 6.07) is 4.24. The van der Waals surface area contributed by atoms with E-state index in [1.54, 1.807) is 0 Å². The van der Waals surface area contributed by atoms with Crippen molar-refractivity contribution in [3.63, 3.8) is 0 Å². The van der Waals surface area contributed by atoms with Crippen LogP contribution in [0, 0.1) is 6.92 Å². The standard InChI is InChI=1S/C14H21N5/c1-5-11(12-7-8-15-19(12)4)17-14-9-10(3)16-13(6-2)18-14/h7-9,11H,5-6H2,1-4H3,(H,16,17,18). The van der Waals surface area contributed by atoms with E-state index in [0.29, 0.717) is 0 Å². The quantitative estimate of drug-likeness (QED) is 0.897. The third-order valence-corrected chi connectivity index (χ3v) is 3.16. The molecular formula is C14H21N5. The van der Waals surface area contributed by atoms with Gasteiger partial charge in [-0.05, 0) is 19.4 Å². The molecule has 1 atom stereocenters. The fraction of sp³-hybridized carbons (Fsp3) is 0.500. The van der Waals surface area contributed by atoms with Crippen LogP contribution in [-0.4, -0.2) is 19.7 Å². The van der Waals surface area contributed by atoms with Crippen LogP contribution in [0.25, 0.3) is 0 Å². The summed E-state index contributed by atoms with van der Waals surface area (Å²) in [4.78, 5) is 8.92. The number of hydrogen-bond donors (Lipinski definition) is 1. The van der Waals surface area contributed by atoms with Crippen molar-refractivity contribution in [3.05, 3.63) is 35.5 Å². The minimum atomic E-state index is 0.214. The summed E-state index contributed by atoms with van der Waals surface area (Å²) < 4.78 is 1.90. The van der Waals surface area contributed by atoms with Crippen LogP contribution < -0.4 is 5.32 Å². The normalized spacial score (nSPS) is 12.4. The summed E-state index contributed by atoms with van der Waals surface area (Å²) in [6.07, 6.45) is 3.64. The molecule has 19 heavy (non-hydrogen) atoms. The Morgan fingerprint density at radius 1 is 1.32 bits per heavy atom. The van der Waals surface area contributed by atoms with Crippen molar-refractivity contribution in [3.8, 4) is 0 Å². The van der Waals surface area contributed by atoms with Gasteiger partial charge in [0.1, 0.15) is 11.6 Å². The number of hydrogen-bond acceptors (Lipinski definition) is 4. The third kappa shape index (κ3) is 3.10. The molecule has 1 N–H and O–H groups in total. The van der Waals surface area contributed by atoms with Gasteiger partial charge in [0.05, 0.1) is 11.7 Å². The molecule has 5 nitrogen and oxygen atoms in total. The molecule has 0 aromatic carbocycles. The zero-order valence-corrected chi connectivity index (χ0v) is 12.0. The highest BCUT2D eigenvalue weighted by molar-refractivity contribution is 5.38. The van der Waals surface area contributed by atoms with Crippen molar-refractivity contribution in [2.45, 2.75) is 39.7 Å². The van der Waals surface area contributed by atoms with E-state index in [9.17, 15) is 0 Å². The molecule has 0 saturated carbocycles. The van der Waals surface area contributed by atoms with Crippen molar-refractivity contribution >= 4 is 5.82 Å². The predicted molar refractivity (Wildman–Crippen MR) is 76.0 cm³/mol. The fourth-order valence-corrected chi connectivity index (χ4v) is 2.15. The molecule has 0 saturated heterocycles. The molecule has 0 aliphatic rings. The highest BCUT2D eigenvalue weighted by Gasteiger charge is 2.13. The Labute approximate surface area is 114 Å². The minimum absolute atomic E-state index is 0.214. The lowest BCUT2D eigenvalue weighted by molar-refractivity contribution is 0.631. The van der Waals surface area contributed by atoms with Gasteiger partial charge in [0.2, 0.25) is 0 Å². The highest BCUT2D eigenvalue weighted by Crippen LogP contribution is 2.21. The van der Waals surface area contributed by atoms with Crippen LogP contribution >= 0.6 is 0 Å². The molecule has 0 amide bonds. The molecule has 0 fully saturated rings. The number of nitrogens with one attached hydrogen (secondary N) is 1. The fourth-order valence-electron chi connectivity index (χ4n) is 2.15. The first-order valence-corrected chi connectivity index (χ1v) is 6.73. The lowest BCUT2D eigenvalue weighted by atomic mass is 10.1. The average molecular weight is 259 g/mol. The first-order valence-electron chi connectivity index (χ1n) is 6.73. The molecule has 0 radical (unpaired) electrons. The second-order valence-corrected chi connectivity index (χ2v) is 4.65. The molecular weight excluding hydrogens is 238 g/mol. The first-order chi connectivity index (χ1) is 9.13. The second kappa shape index (κ2) is 5.82. The largest absolute Gasteiger partial charge is 0.362 e. The van der Waals surface area contributed by atoms with Gasteiger partial charge < -0.3 is 5.32 Å². The zero-order valence-electron chi connectivity index (χ0n) is 12.0. The van der Waals surface area contributed by atoms with E-state index in [1.165, 1.54) is 0 Å². The topological polar surface area (TPSA) is 55.6 Å². The summed E-state index contributed by atoms with van der Waals surface area (Å²) in [5.74, 6) is 1.76. The van der Waals surface area contributed by atoms with E-state index in [0.717, 1.165) is 35.9 Å². The first kappa shape index (κ1) is 13.5. The lowest BCUT2D eigenvalue weighted by Gasteiger charge is -2.18. The van der Waals surface area contributed by atoms with E-state index in [-0.39, 0.29) is 6.04 Å². The number of nitrogens with zero attached hydrogens (tertiary/aromatic N) is 4. The summed E-state index contributed by atoms with van der Waals surface area (Å²) in [5.41, 5.74) is 2.16. The van der Waals surface area contributed by atoms with Crippen molar-refractivity contribution in [1.82, 2.24) is 19.7 Å². The maximum atomic E-state index is 4.53. The molecule has 0 aliphatic heterocycles. The molecule has 5 heteroatoms. The number of aryl methyl sites for hydroxylation is 3. The van der Waals surface area contributed by atoms with Crippen LogP contribution in [-0.2, 0) is 13.5 Å². The Morgan fingerprint density at radius 3 is 2.68 bits per heavy atom. The van der Waals surface area contributed by atoms with Gasteiger partial charge in [-0.15, -0.1) is 0 Å². The summed E-state index contributed by atoms with van der Waals surface area (Å²) in [7, 11) is 1.96. The number of rotatable bonds is 5. The van der Waals surface area contributed by atoms with Crippen LogP contribution in [0.2, 0.25) is 0 Å². The molecule has 2 heterocycles. The van der Waals surface area contributed by atoms with E-state index in [2.05, 4.69) is 34.2 Å². The van der Waals surface area contributed by atoms with Crippen molar-refractivity contribution in [2.75, 3.05) is 5.32 Å². The molecule has 0 spiro atoms. The second-order valence-electron chi connectivity index (χ2n) is 4.65. The highest BCUT2D eigenvalue weighted by atomic mass is 15.3. The Balaban J connectivity index is 2.23. The molecule has 1 unspecified atom stereocenters. The Kier molecular flexibility index (Phi) is 4.14. The number of anilines is 1. The number of aromatic nitrogens is 4. The monoisotopic (exact) mass is 259 g/mol. The van der Waals surface area contributed by atoms with E-state index in [1.807, 2.05) is 37.0 Å². The lowest BCUT2D eigenvalue weighted by Crippen LogP contribution is -2.15. The Hall–Kier alpha value is -1.91. The van der Waals surface area contributed by atoms with Crippen molar-refractivity contribution < 1.29 is 0 Å². The molecule has 2 aromatic heterocycles. The van der Waals surface area contributed by atoms with Gasteiger partial charge in [0.25, 0.3) is 0 Å².